The molecule has 146 valence electrons. The molecule has 9 heteroatoms. The highest BCUT2D eigenvalue weighted by Crippen LogP contribution is 2.24. The molecule has 1 atom stereocenters. The summed E-state index contributed by atoms with van der Waals surface area (Å²) in [6.45, 7) is -0.0875. The Bertz CT molecular complexity index is 933. The van der Waals surface area contributed by atoms with Gasteiger partial charge in [-0.1, -0.05) is 30.3 Å². The molecule has 2 aromatic carbocycles. The number of amides is 2. The van der Waals surface area contributed by atoms with Crippen LogP contribution in [-0.2, 0) is 16.0 Å². The number of rotatable bonds is 4. The lowest BCUT2D eigenvalue weighted by atomic mass is 10.1. The van der Waals surface area contributed by atoms with Gasteiger partial charge in [-0.15, -0.1) is 0 Å². The van der Waals surface area contributed by atoms with Gasteiger partial charge in [0.05, 0.1) is 11.6 Å². The lowest BCUT2D eigenvalue weighted by Gasteiger charge is -2.18. The topological polar surface area (TPSA) is 46.6 Å². The minimum Gasteiger partial charge on any atom is -0.447 e. The lowest BCUT2D eigenvalue weighted by Crippen LogP contribution is -2.39. The molecule has 4 nitrogen and oxygen atoms in total. The van der Waals surface area contributed by atoms with Crippen LogP contribution in [0.4, 0.5) is 26.7 Å². The van der Waals surface area contributed by atoms with Crippen molar-refractivity contribution in [2.75, 3.05) is 6.61 Å². The zero-order valence-corrected chi connectivity index (χ0v) is 14.1. The molecule has 0 aromatic heterocycles. The first kappa shape index (κ1) is 19.5. The molecular formula is C19H12F5NO3. The van der Waals surface area contributed by atoms with Crippen LogP contribution in [-0.4, -0.2) is 29.5 Å². The van der Waals surface area contributed by atoms with Crippen molar-refractivity contribution in [3.63, 3.8) is 0 Å². The fourth-order valence-electron chi connectivity index (χ4n) is 2.77. The summed E-state index contributed by atoms with van der Waals surface area (Å²) in [6.07, 6.45) is 0.300. The number of cyclic esters (lactones) is 1. The van der Waals surface area contributed by atoms with E-state index in [-0.39, 0.29) is 13.0 Å². The van der Waals surface area contributed by atoms with Crippen LogP contribution in [0.5, 0.6) is 0 Å². The van der Waals surface area contributed by atoms with Crippen molar-refractivity contribution < 1.29 is 36.3 Å². The van der Waals surface area contributed by atoms with Gasteiger partial charge in [0.1, 0.15) is 6.61 Å². The molecule has 0 bridgehead atoms. The third-order valence-corrected chi connectivity index (χ3v) is 4.15. The first-order chi connectivity index (χ1) is 13.3. The SMILES string of the molecule is O=C(C=Cc1c(F)c(F)c(F)c(F)c1F)N1C(=O)OC[C@@H]1Cc1ccccc1. The minimum absolute atomic E-state index is 0.0875. The Balaban J connectivity index is 1.84. The van der Waals surface area contributed by atoms with Crippen molar-refractivity contribution in [3.8, 4) is 0 Å². The second-order valence-electron chi connectivity index (χ2n) is 5.95. The zero-order chi connectivity index (χ0) is 20.4. The number of benzene rings is 2. The fourth-order valence-corrected chi connectivity index (χ4v) is 2.77. The number of ether oxygens (including phenoxy) is 1. The number of hydrogen-bond donors (Lipinski definition) is 0. The molecule has 1 aliphatic rings. The van der Waals surface area contributed by atoms with E-state index in [0.29, 0.717) is 12.2 Å². The van der Waals surface area contributed by atoms with Gasteiger partial charge in [-0.25, -0.2) is 31.6 Å². The van der Waals surface area contributed by atoms with Gasteiger partial charge in [0.15, 0.2) is 23.3 Å². The second kappa shape index (κ2) is 7.79. The zero-order valence-electron chi connectivity index (χ0n) is 14.1. The Morgan fingerprint density at radius 3 is 2.18 bits per heavy atom. The van der Waals surface area contributed by atoms with Crippen LogP contribution in [0.15, 0.2) is 36.4 Å². The van der Waals surface area contributed by atoms with Crippen LogP contribution in [0.3, 0.4) is 0 Å². The summed E-state index contributed by atoms with van der Waals surface area (Å²) in [6, 6.07) is 8.19. The van der Waals surface area contributed by atoms with Gasteiger partial charge < -0.3 is 4.74 Å². The minimum atomic E-state index is -2.30. The standard InChI is InChI=1S/C19H12F5NO3/c20-14-12(15(21)17(23)18(24)16(14)22)6-7-13(26)25-11(9-28-19(25)27)8-10-4-2-1-3-5-10/h1-7,11H,8-9H2/t11-/m0/s1. The van der Waals surface area contributed by atoms with Gasteiger partial charge in [0, 0.05) is 6.08 Å². The number of imide groups is 1. The first-order valence-corrected chi connectivity index (χ1v) is 8.04. The molecule has 2 aromatic rings. The molecule has 3 rings (SSSR count). The quantitative estimate of drug-likeness (QED) is 0.339. The molecule has 2 amide bonds. The van der Waals surface area contributed by atoms with Crippen molar-refractivity contribution in [3.05, 3.63) is 76.6 Å². The average molecular weight is 397 g/mol. The van der Waals surface area contributed by atoms with Gasteiger partial charge in [-0.3, -0.25) is 4.79 Å². The van der Waals surface area contributed by atoms with Crippen LogP contribution < -0.4 is 0 Å². The molecule has 28 heavy (non-hydrogen) atoms. The molecule has 1 aliphatic heterocycles. The maximum atomic E-state index is 13.7. The van der Waals surface area contributed by atoms with Crippen molar-refractivity contribution in [2.45, 2.75) is 12.5 Å². The molecule has 0 aliphatic carbocycles. The molecule has 0 spiro atoms. The summed E-state index contributed by atoms with van der Waals surface area (Å²) >= 11 is 0. The van der Waals surface area contributed by atoms with Crippen molar-refractivity contribution in [1.82, 2.24) is 4.90 Å². The Labute approximate surface area is 155 Å². The first-order valence-electron chi connectivity index (χ1n) is 8.04. The highest BCUT2D eigenvalue weighted by Gasteiger charge is 2.37. The van der Waals surface area contributed by atoms with E-state index in [9.17, 15) is 31.5 Å². The third kappa shape index (κ3) is 3.60. The van der Waals surface area contributed by atoms with Crippen LogP contribution in [0, 0.1) is 29.1 Å². The molecule has 0 N–H and O–H groups in total. The largest absolute Gasteiger partial charge is 0.447 e. The van der Waals surface area contributed by atoms with E-state index in [0.717, 1.165) is 10.5 Å². The highest BCUT2D eigenvalue weighted by atomic mass is 19.2. The van der Waals surface area contributed by atoms with Gasteiger partial charge in [0.25, 0.3) is 5.91 Å². The number of carbonyl (C=O) groups excluding carboxylic acids is 2. The predicted molar refractivity (Wildman–Crippen MR) is 87.4 cm³/mol. The van der Waals surface area contributed by atoms with Gasteiger partial charge in [-0.05, 0) is 18.1 Å². The number of carbonyl (C=O) groups is 2. The van der Waals surface area contributed by atoms with Gasteiger partial charge in [0.2, 0.25) is 5.82 Å². The number of halogens is 5. The maximum absolute atomic E-state index is 13.7. The summed E-state index contributed by atoms with van der Waals surface area (Å²) < 4.78 is 71.7. The molecule has 0 radical (unpaired) electrons. The van der Waals surface area contributed by atoms with E-state index in [1.54, 1.807) is 30.3 Å². The van der Waals surface area contributed by atoms with E-state index >= 15 is 0 Å². The monoisotopic (exact) mass is 397 g/mol. The summed E-state index contributed by atoms with van der Waals surface area (Å²) in [5, 5.41) is 0. The van der Waals surface area contributed by atoms with Gasteiger partial charge in [-0.2, -0.15) is 0 Å². The molecule has 0 saturated carbocycles. The second-order valence-corrected chi connectivity index (χ2v) is 5.95. The average Bonchev–Trinajstić information content (AvgIpc) is 3.05. The summed E-state index contributed by atoms with van der Waals surface area (Å²) in [5.74, 6) is -11.7. The Hall–Kier alpha value is -3.23. The van der Waals surface area contributed by atoms with Crippen LogP contribution >= 0.6 is 0 Å². The maximum Gasteiger partial charge on any atom is 0.417 e. The smallest absolute Gasteiger partial charge is 0.417 e. The van der Waals surface area contributed by atoms with E-state index in [2.05, 4.69) is 0 Å². The summed E-state index contributed by atoms with van der Waals surface area (Å²) in [4.78, 5) is 24.9. The lowest BCUT2D eigenvalue weighted by molar-refractivity contribution is -0.124. The highest BCUT2D eigenvalue weighted by molar-refractivity contribution is 6.02. The summed E-state index contributed by atoms with van der Waals surface area (Å²) in [5.41, 5.74) is -0.468. The fraction of sp³-hybridized carbons (Fsp3) is 0.158. The Morgan fingerprint density at radius 1 is 1.00 bits per heavy atom. The van der Waals surface area contributed by atoms with Crippen molar-refractivity contribution >= 4 is 18.1 Å². The van der Waals surface area contributed by atoms with Crippen molar-refractivity contribution in [2.24, 2.45) is 0 Å². The number of hydrogen-bond acceptors (Lipinski definition) is 3. The van der Waals surface area contributed by atoms with E-state index in [1.165, 1.54) is 0 Å². The molecule has 1 saturated heterocycles. The normalized spacial score (nSPS) is 16.7. The summed E-state index contributed by atoms with van der Waals surface area (Å²) in [7, 11) is 0. The van der Waals surface area contributed by atoms with Crippen LogP contribution in [0.1, 0.15) is 11.1 Å². The molecular weight excluding hydrogens is 385 g/mol. The van der Waals surface area contributed by atoms with Crippen LogP contribution in [0.2, 0.25) is 0 Å². The van der Waals surface area contributed by atoms with E-state index in [1.807, 2.05) is 0 Å². The molecule has 1 fully saturated rings. The van der Waals surface area contributed by atoms with Gasteiger partial charge >= 0.3 is 6.09 Å². The third-order valence-electron chi connectivity index (χ3n) is 4.15. The molecule has 1 heterocycles. The van der Waals surface area contributed by atoms with E-state index < -0.39 is 52.7 Å². The number of nitrogens with zero attached hydrogens (tertiary/aromatic N) is 1. The Morgan fingerprint density at radius 2 is 1.57 bits per heavy atom. The predicted octanol–water partition coefficient (Wildman–Crippen LogP) is 3.99. The van der Waals surface area contributed by atoms with Crippen LogP contribution in [0.25, 0.3) is 6.08 Å². The Kier molecular flexibility index (Phi) is 5.43. The molecule has 0 unspecified atom stereocenters. The van der Waals surface area contributed by atoms with E-state index in [4.69, 9.17) is 4.74 Å². The van der Waals surface area contributed by atoms with Crippen molar-refractivity contribution in [1.29, 1.82) is 0 Å².